The van der Waals surface area contributed by atoms with E-state index in [0.29, 0.717) is 16.8 Å². The van der Waals surface area contributed by atoms with Crippen molar-refractivity contribution in [1.29, 1.82) is 5.26 Å². The van der Waals surface area contributed by atoms with Crippen LogP contribution >= 0.6 is 0 Å². The minimum absolute atomic E-state index is 0.0837. The Morgan fingerprint density at radius 1 is 1.10 bits per heavy atom. The van der Waals surface area contributed by atoms with Crippen molar-refractivity contribution in [3.05, 3.63) is 63.2 Å². The Kier molecular flexibility index (Phi) is 3.67. The number of anilines is 2. The standard InChI is InChI=1S/C15H13N3O2/c1-10-3-5-14(8-15(10)18(19)20)17-13-6-4-12(9-16)11(2)7-13/h3-8,17H,1-2H3. The summed E-state index contributed by atoms with van der Waals surface area (Å²) in [5.41, 5.74) is 3.62. The summed E-state index contributed by atoms with van der Waals surface area (Å²) >= 11 is 0. The third-order valence-electron chi connectivity index (χ3n) is 3.04. The van der Waals surface area contributed by atoms with Crippen molar-refractivity contribution in [3.63, 3.8) is 0 Å². The van der Waals surface area contributed by atoms with Crippen LogP contribution in [0.1, 0.15) is 16.7 Å². The molecule has 0 spiro atoms. The lowest BCUT2D eigenvalue weighted by Gasteiger charge is -2.08. The van der Waals surface area contributed by atoms with Crippen LogP contribution in [0.5, 0.6) is 0 Å². The van der Waals surface area contributed by atoms with E-state index in [1.807, 2.05) is 13.0 Å². The number of benzene rings is 2. The van der Waals surface area contributed by atoms with Crippen LogP contribution in [0.4, 0.5) is 17.1 Å². The number of nitro groups is 1. The number of hydrogen-bond donors (Lipinski definition) is 1. The van der Waals surface area contributed by atoms with E-state index in [-0.39, 0.29) is 5.69 Å². The zero-order valence-electron chi connectivity index (χ0n) is 11.2. The molecule has 0 aliphatic heterocycles. The minimum atomic E-state index is -0.398. The molecule has 2 aromatic rings. The third-order valence-corrected chi connectivity index (χ3v) is 3.04. The van der Waals surface area contributed by atoms with Crippen LogP contribution in [0.3, 0.4) is 0 Å². The summed E-state index contributed by atoms with van der Waals surface area (Å²) in [6.07, 6.45) is 0. The molecule has 2 rings (SSSR count). The topological polar surface area (TPSA) is 79.0 Å². The van der Waals surface area contributed by atoms with Crippen molar-refractivity contribution >= 4 is 17.1 Å². The van der Waals surface area contributed by atoms with E-state index in [4.69, 9.17) is 5.26 Å². The molecule has 0 unspecified atom stereocenters. The van der Waals surface area contributed by atoms with Gasteiger partial charge < -0.3 is 5.32 Å². The van der Waals surface area contributed by atoms with Crippen molar-refractivity contribution in [2.45, 2.75) is 13.8 Å². The predicted molar refractivity (Wildman–Crippen MR) is 77.0 cm³/mol. The molecule has 0 aliphatic carbocycles. The zero-order chi connectivity index (χ0) is 14.7. The molecule has 0 amide bonds. The van der Waals surface area contributed by atoms with Gasteiger partial charge in [-0.3, -0.25) is 10.1 Å². The fourth-order valence-corrected chi connectivity index (χ4v) is 1.92. The maximum absolute atomic E-state index is 10.9. The van der Waals surface area contributed by atoms with Gasteiger partial charge in [0.2, 0.25) is 0 Å². The highest BCUT2D eigenvalue weighted by Gasteiger charge is 2.11. The fraction of sp³-hybridized carbons (Fsp3) is 0.133. The number of nitriles is 1. The summed E-state index contributed by atoms with van der Waals surface area (Å²) in [6, 6.07) is 12.4. The number of nitro benzene ring substituents is 1. The zero-order valence-corrected chi connectivity index (χ0v) is 11.2. The smallest absolute Gasteiger partial charge is 0.274 e. The predicted octanol–water partition coefficient (Wildman–Crippen LogP) is 3.83. The second-order valence-corrected chi connectivity index (χ2v) is 4.52. The van der Waals surface area contributed by atoms with Crippen LogP contribution < -0.4 is 5.32 Å². The molecule has 2 aromatic carbocycles. The van der Waals surface area contributed by atoms with E-state index in [2.05, 4.69) is 11.4 Å². The first-order valence-electron chi connectivity index (χ1n) is 6.04. The lowest BCUT2D eigenvalue weighted by Crippen LogP contribution is -1.96. The maximum atomic E-state index is 10.9. The molecule has 100 valence electrons. The molecule has 0 bridgehead atoms. The van der Waals surface area contributed by atoms with Crippen molar-refractivity contribution in [2.75, 3.05) is 5.32 Å². The summed E-state index contributed by atoms with van der Waals surface area (Å²) in [5.74, 6) is 0. The molecule has 0 aromatic heterocycles. The van der Waals surface area contributed by atoms with Crippen molar-refractivity contribution in [1.82, 2.24) is 0 Å². The Balaban J connectivity index is 2.31. The van der Waals surface area contributed by atoms with Gasteiger partial charge in [-0.15, -0.1) is 0 Å². The third kappa shape index (κ3) is 2.75. The molecule has 0 heterocycles. The van der Waals surface area contributed by atoms with Crippen LogP contribution in [-0.2, 0) is 0 Å². The average Bonchev–Trinajstić information content (AvgIpc) is 2.41. The second kappa shape index (κ2) is 5.41. The van der Waals surface area contributed by atoms with Gasteiger partial charge in [0.15, 0.2) is 0 Å². The van der Waals surface area contributed by atoms with Crippen LogP contribution in [0.2, 0.25) is 0 Å². The normalized spacial score (nSPS) is 9.85. The molecule has 0 radical (unpaired) electrons. The Morgan fingerprint density at radius 3 is 2.35 bits per heavy atom. The Morgan fingerprint density at radius 2 is 1.75 bits per heavy atom. The van der Waals surface area contributed by atoms with Crippen molar-refractivity contribution in [3.8, 4) is 6.07 Å². The maximum Gasteiger partial charge on any atom is 0.274 e. The minimum Gasteiger partial charge on any atom is -0.355 e. The summed E-state index contributed by atoms with van der Waals surface area (Å²) < 4.78 is 0. The lowest BCUT2D eigenvalue weighted by molar-refractivity contribution is -0.385. The van der Waals surface area contributed by atoms with E-state index in [0.717, 1.165) is 11.3 Å². The largest absolute Gasteiger partial charge is 0.355 e. The summed E-state index contributed by atoms with van der Waals surface area (Å²) in [4.78, 5) is 10.5. The highest BCUT2D eigenvalue weighted by molar-refractivity contribution is 5.65. The van der Waals surface area contributed by atoms with Gasteiger partial charge in [-0.2, -0.15) is 5.26 Å². The van der Waals surface area contributed by atoms with Gasteiger partial charge in [0.1, 0.15) is 0 Å². The Hall–Kier alpha value is -2.87. The Labute approximate surface area is 116 Å². The first kappa shape index (κ1) is 13.6. The van der Waals surface area contributed by atoms with Crippen LogP contribution in [0.15, 0.2) is 36.4 Å². The Bertz CT molecular complexity index is 718. The molecule has 0 aliphatic rings. The first-order valence-corrected chi connectivity index (χ1v) is 6.04. The number of nitrogens with zero attached hydrogens (tertiary/aromatic N) is 2. The van der Waals surface area contributed by atoms with E-state index < -0.39 is 4.92 Å². The van der Waals surface area contributed by atoms with Crippen LogP contribution in [0.25, 0.3) is 0 Å². The number of nitrogens with one attached hydrogen (secondary N) is 1. The van der Waals surface area contributed by atoms with Gasteiger partial charge in [0.05, 0.1) is 16.6 Å². The lowest BCUT2D eigenvalue weighted by atomic mass is 10.1. The number of rotatable bonds is 3. The van der Waals surface area contributed by atoms with Crippen LogP contribution in [-0.4, -0.2) is 4.92 Å². The molecule has 0 saturated carbocycles. The average molecular weight is 267 g/mol. The summed E-state index contributed by atoms with van der Waals surface area (Å²) in [7, 11) is 0. The van der Waals surface area contributed by atoms with Gasteiger partial charge in [-0.1, -0.05) is 6.07 Å². The highest BCUT2D eigenvalue weighted by Crippen LogP contribution is 2.25. The van der Waals surface area contributed by atoms with Gasteiger partial charge in [-0.25, -0.2) is 0 Å². The molecule has 0 atom stereocenters. The van der Waals surface area contributed by atoms with Crippen LogP contribution in [0, 0.1) is 35.3 Å². The van der Waals surface area contributed by atoms with Gasteiger partial charge >= 0.3 is 0 Å². The molecule has 5 nitrogen and oxygen atoms in total. The molecular formula is C15H13N3O2. The molecule has 1 N–H and O–H groups in total. The first-order chi connectivity index (χ1) is 9.51. The SMILES string of the molecule is Cc1cc(Nc2ccc(C)c([N+](=O)[O-])c2)ccc1C#N. The molecular weight excluding hydrogens is 254 g/mol. The quantitative estimate of drug-likeness (QED) is 0.677. The summed E-state index contributed by atoms with van der Waals surface area (Å²) in [5, 5.41) is 22.9. The molecule has 0 fully saturated rings. The number of aryl methyl sites for hydroxylation is 2. The molecule has 0 saturated heterocycles. The van der Waals surface area contributed by atoms with E-state index in [1.54, 1.807) is 31.2 Å². The number of hydrogen-bond acceptors (Lipinski definition) is 4. The second-order valence-electron chi connectivity index (χ2n) is 4.52. The van der Waals surface area contributed by atoms with Gasteiger partial charge in [0.25, 0.3) is 5.69 Å². The monoisotopic (exact) mass is 267 g/mol. The fourth-order valence-electron chi connectivity index (χ4n) is 1.92. The highest BCUT2D eigenvalue weighted by atomic mass is 16.6. The van der Waals surface area contributed by atoms with Gasteiger partial charge in [0, 0.05) is 23.0 Å². The van der Waals surface area contributed by atoms with Crippen molar-refractivity contribution in [2.24, 2.45) is 0 Å². The van der Waals surface area contributed by atoms with Crippen molar-refractivity contribution < 1.29 is 4.92 Å². The van der Waals surface area contributed by atoms with Gasteiger partial charge in [-0.05, 0) is 43.7 Å². The summed E-state index contributed by atoms with van der Waals surface area (Å²) in [6.45, 7) is 3.55. The molecule has 5 heteroatoms. The molecule has 20 heavy (non-hydrogen) atoms. The van der Waals surface area contributed by atoms with E-state index in [1.165, 1.54) is 6.07 Å². The van der Waals surface area contributed by atoms with E-state index >= 15 is 0 Å². The van der Waals surface area contributed by atoms with E-state index in [9.17, 15) is 10.1 Å².